The number of halogens is 1. The fraction of sp³-hybridized carbons (Fsp3) is 0.381. The van der Waals surface area contributed by atoms with Gasteiger partial charge in [0.05, 0.1) is 17.3 Å². The van der Waals surface area contributed by atoms with Gasteiger partial charge in [-0.15, -0.1) is 0 Å². The highest BCUT2D eigenvalue weighted by atomic mass is 35.5. The zero-order valence-electron chi connectivity index (χ0n) is 14.6. The van der Waals surface area contributed by atoms with Crippen LogP contribution in [0.1, 0.15) is 25.7 Å². The number of anilines is 1. The fourth-order valence-electron chi connectivity index (χ4n) is 3.29. The molecule has 136 valence electrons. The summed E-state index contributed by atoms with van der Waals surface area (Å²) < 4.78 is 5.92. The van der Waals surface area contributed by atoms with Crippen LogP contribution in [0, 0.1) is 11.8 Å². The Morgan fingerprint density at radius 2 is 1.62 bits per heavy atom. The summed E-state index contributed by atoms with van der Waals surface area (Å²) in [4.78, 5) is 12.4. The van der Waals surface area contributed by atoms with E-state index in [4.69, 9.17) is 16.3 Å². The zero-order valence-corrected chi connectivity index (χ0v) is 15.3. The Balaban J connectivity index is 1.37. The Labute approximate surface area is 158 Å². The standard InChI is InChI=1S/C21H23ClN2O2/c22-16-5-1-3-7-18(16)26-19-8-4-2-6-17(19)23-13-20(25)24-21(14-9-10-14)15-11-12-15/h1-8,14-15,21,23H,9-13H2,(H,24,25). The second kappa shape index (κ2) is 7.58. The molecule has 4 rings (SSSR count). The van der Waals surface area contributed by atoms with Gasteiger partial charge >= 0.3 is 0 Å². The van der Waals surface area contributed by atoms with E-state index in [1.54, 1.807) is 6.07 Å². The molecule has 26 heavy (non-hydrogen) atoms. The molecule has 5 heteroatoms. The third-order valence-electron chi connectivity index (χ3n) is 4.97. The zero-order chi connectivity index (χ0) is 17.9. The maximum atomic E-state index is 12.4. The van der Waals surface area contributed by atoms with E-state index in [0.717, 1.165) is 5.69 Å². The molecule has 0 radical (unpaired) electrons. The lowest BCUT2D eigenvalue weighted by molar-refractivity contribution is -0.120. The van der Waals surface area contributed by atoms with Gasteiger partial charge in [-0.2, -0.15) is 0 Å². The number of hydrogen-bond donors (Lipinski definition) is 2. The summed E-state index contributed by atoms with van der Waals surface area (Å²) in [6.07, 6.45) is 5.01. The molecule has 2 aliphatic carbocycles. The largest absolute Gasteiger partial charge is 0.454 e. The van der Waals surface area contributed by atoms with Crippen molar-refractivity contribution in [1.29, 1.82) is 0 Å². The third-order valence-corrected chi connectivity index (χ3v) is 5.28. The van der Waals surface area contributed by atoms with Crippen molar-refractivity contribution < 1.29 is 9.53 Å². The number of benzene rings is 2. The molecular formula is C21H23ClN2O2. The Morgan fingerprint density at radius 1 is 1.00 bits per heavy atom. The van der Waals surface area contributed by atoms with Gasteiger partial charge in [0.1, 0.15) is 5.75 Å². The number of rotatable bonds is 8. The van der Waals surface area contributed by atoms with Crippen LogP contribution in [-0.2, 0) is 4.79 Å². The second-order valence-corrected chi connectivity index (χ2v) is 7.56. The number of ether oxygens (including phenoxy) is 1. The van der Waals surface area contributed by atoms with Crippen molar-refractivity contribution in [2.75, 3.05) is 11.9 Å². The van der Waals surface area contributed by atoms with E-state index in [1.807, 2.05) is 42.5 Å². The van der Waals surface area contributed by atoms with E-state index in [0.29, 0.717) is 34.4 Å². The average Bonchev–Trinajstić information content (AvgIpc) is 3.55. The Bertz CT molecular complexity index is 775. The molecule has 2 aromatic rings. The maximum Gasteiger partial charge on any atom is 0.239 e. The van der Waals surface area contributed by atoms with E-state index in [-0.39, 0.29) is 12.5 Å². The maximum absolute atomic E-state index is 12.4. The van der Waals surface area contributed by atoms with Gasteiger partial charge < -0.3 is 15.4 Å². The van der Waals surface area contributed by atoms with E-state index >= 15 is 0 Å². The Hall–Kier alpha value is -2.20. The predicted molar refractivity (Wildman–Crippen MR) is 104 cm³/mol. The smallest absolute Gasteiger partial charge is 0.239 e. The van der Waals surface area contributed by atoms with Crippen LogP contribution in [0.15, 0.2) is 48.5 Å². The molecule has 0 unspecified atom stereocenters. The number of hydrogen-bond acceptors (Lipinski definition) is 3. The van der Waals surface area contributed by atoms with Crippen LogP contribution in [0.25, 0.3) is 0 Å². The van der Waals surface area contributed by atoms with Crippen molar-refractivity contribution in [2.45, 2.75) is 31.7 Å². The Morgan fingerprint density at radius 3 is 2.27 bits per heavy atom. The minimum atomic E-state index is 0.0429. The lowest BCUT2D eigenvalue weighted by atomic mass is 10.1. The van der Waals surface area contributed by atoms with Gasteiger partial charge in [-0.3, -0.25) is 4.79 Å². The van der Waals surface area contributed by atoms with Gasteiger partial charge in [0, 0.05) is 6.04 Å². The average molecular weight is 371 g/mol. The molecule has 0 bridgehead atoms. The molecule has 0 spiro atoms. The van der Waals surface area contributed by atoms with Crippen LogP contribution in [0.4, 0.5) is 5.69 Å². The summed E-state index contributed by atoms with van der Waals surface area (Å²) in [5.41, 5.74) is 0.775. The Kier molecular flexibility index (Phi) is 5.02. The molecule has 1 amide bonds. The molecule has 2 aliphatic rings. The molecule has 0 saturated heterocycles. The lowest BCUT2D eigenvalue weighted by Crippen LogP contribution is -2.41. The van der Waals surface area contributed by atoms with Crippen molar-refractivity contribution >= 4 is 23.2 Å². The summed E-state index contributed by atoms with van der Waals surface area (Å²) >= 11 is 6.17. The minimum absolute atomic E-state index is 0.0429. The van der Waals surface area contributed by atoms with Crippen molar-refractivity contribution in [1.82, 2.24) is 5.32 Å². The lowest BCUT2D eigenvalue weighted by Gasteiger charge is -2.18. The van der Waals surface area contributed by atoms with Gasteiger partial charge in [0.15, 0.2) is 5.75 Å². The van der Waals surface area contributed by atoms with Crippen molar-refractivity contribution in [2.24, 2.45) is 11.8 Å². The first-order valence-corrected chi connectivity index (χ1v) is 9.63. The van der Waals surface area contributed by atoms with Gasteiger partial charge in [-0.05, 0) is 61.8 Å². The topological polar surface area (TPSA) is 50.4 Å². The van der Waals surface area contributed by atoms with Crippen molar-refractivity contribution in [3.05, 3.63) is 53.6 Å². The van der Waals surface area contributed by atoms with E-state index in [2.05, 4.69) is 10.6 Å². The van der Waals surface area contributed by atoms with Gasteiger partial charge in [-0.1, -0.05) is 35.9 Å². The van der Waals surface area contributed by atoms with Crippen molar-refractivity contribution in [3.63, 3.8) is 0 Å². The summed E-state index contributed by atoms with van der Waals surface area (Å²) in [6.45, 7) is 0.235. The van der Waals surface area contributed by atoms with E-state index < -0.39 is 0 Å². The predicted octanol–water partition coefficient (Wildman–Crippen LogP) is 4.85. The normalized spacial score (nSPS) is 16.4. The van der Waals surface area contributed by atoms with Crippen LogP contribution in [0.5, 0.6) is 11.5 Å². The number of amides is 1. The van der Waals surface area contributed by atoms with Crippen LogP contribution >= 0.6 is 11.6 Å². The quantitative estimate of drug-likeness (QED) is 0.698. The van der Waals surface area contributed by atoms with Gasteiger partial charge in [0.2, 0.25) is 5.91 Å². The van der Waals surface area contributed by atoms with Crippen LogP contribution in [-0.4, -0.2) is 18.5 Å². The van der Waals surface area contributed by atoms with Crippen LogP contribution < -0.4 is 15.4 Å². The summed E-state index contributed by atoms with van der Waals surface area (Å²) in [5, 5.41) is 6.98. The molecule has 2 saturated carbocycles. The minimum Gasteiger partial charge on any atom is -0.454 e. The van der Waals surface area contributed by atoms with Crippen molar-refractivity contribution in [3.8, 4) is 11.5 Å². The highest BCUT2D eigenvalue weighted by Crippen LogP contribution is 2.44. The highest BCUT2D eigenvalue weighted by molar-refractivity contribution is 6.32. The first-order chi connectivity index (χ1) is 12.7. The van der Waals surface area contributed by atoms with E-state index in [1.165, 1.54) is 25.7 Å². The van der Waals surface area contributed by atoms with E-state index in [9.17, 15) is 4.79 Å². The summed E-state index contributed by atoms with van der Waals surface area (Å²) in [7, 11) is 0. The van der Waals surface area contributed by atoms with Gasteiger partial charge in [0.25, 0.3) is 0 Å². The molecule has 2 aromatic carbocycles. The van der Waals surface area contributed by atoms with Crippen LogP contribution in [0.2, 0.25) is 5.02 Å². The molecule has 4 nitrogen and oxygen atoms in total. The molecule has 0 heterocycles. The van der Waals surface area contributed by atoms with Crippen LogP contribution in [0.3, 0.4) is 0 Å². The second-order valence-electron chi connectivity index (χ2n) is 7.15. The van der Waals surface area contributed by atoms with Gasteiger partial charge in [-0.25, -0.2) is 0 Å². The molecule has 0 aromatic heterocycles. The fourth-order valence-corrected chi connectivity index (χ4v) is 3.47. The molecule has 0 atom stereocenters. The molecule has 0 aliphatic heterocycles. The number of nitrogens with one attached hydrogen (secondary N) is 2. The molecule has 2 fully saturated rings. The number of carbonyl (C=O) groups excluding carboxylic acids is 1. The first kappa shape index (κ1) is 17.2. The first-order valence-electron chi connectivity index (χ1n) is 9.25. The third kappa shape index (κ3) is 4.31. The SMILES string of the molecule is O=C(CNc1ccccc1Oc1ccccc1Cl)NC(C1CC1)C1CC1. The monoisotopic (exact) mass is 370 g/mol. The highest BCUT2D eigenvalue weighted by Gasteiger charge is 2.42. The molecule has 2 N–H and O–H groups in total. The molecular weight excluding hydrogens is 348 g/mol. The summed E-state index contributed by atoms with van der Waals surface area (Å²) in [6, 6.07) is 15.3. The number of para-hydroxylation sites is 3. The summed E-state index contributed by atoms with van der Waals surface area (Å²) in [5.74, 6) is 2.68. The number of carbonyl (C=O) groups is 1.